The minimum Gasteiger partial charge on any atom is -0.494 e. The Balaban J connectivity index is 0.866. The molecular weight excluding hydrogens is 889 g/mol. The van der Waals surface area contributed by atoms with Crippen molar-refractivity contribution in [3.63, 3.8) is 0 Å². The van der Waals surface area contributed by atoms with Crippen LogP contribution in [0.25, 0.3) is 49.7 Å². The Morgan fingerprint density at radius 2 is 1.08 bits per heavy atom. The molecule has 9 aromatic rings. The van der Waals surface area contributed by atoms with Gasteiger partial charge in [-0.15, -0.1) is 0 Å². The van der Waals surface area contributed by atoms with Gasteiger partial charge in [0, 0.05) is 38.9 Å². The zero-order valence-corrected chi connectivity index (χ0v) is 44.1. The molecule has 2 heterocycles. The van der Waals surface area contributed by atoms with E-state index in [2.05, 4.69) is 245 Å². The maximum absolute atomic E-state index is 6.19. The van der Waals surface area contributed by atoms with Crippen molar-refractivity contribution in [1.29, 1.82) is 0 Å². The summed E-state index contributed by atoms with van der Waals surface area (Å²) in [6.07, 6.45) is 9.68. The number of para-hydroxylation sites is 2. The average molecular weight is 963 g/mol. The Morgan fingerprint density at radius 1 is 0.562 bits per heavy atom. The molecular formula is C69H74N2O2. The first-order valence-corrected chi connectivity index (χ1v) is 27.2. The standard InChI is InChI=1S/C69H74N2O2/c1-7-51(53-29-39-63(40-30-53)73-44-18-10-9-17-43-69(8-2)48-72-49-69)45-50(3)52-23-25-54(26-24-52)56-31-41-66-64(46-56)65-47-57(32-42-67(65)71(66)62-37-33-58(34-38-62)68(4,5)6)55-27-35-61(36-28-55)70(59-19-13-11-14-20-59)60-21-15-12-16-22-60/h11-16,19-42,46-47,50-51H,7-10,17-18,43-45,48-49H2,1-6H3. The number of aromatic nitrogens is 1. The third kappa shape index (κ3) is 11.1. The summed E-state index contributed by atoms with van der Waals surface area (Å²) in [5.41, 5.74) is 16.5. The van der Waals surface area contributed by atoms with Crippen LogP contribution < -0.4 is 9.64 Å². The van der Waals surface area contributed by atoms with Gasteiger partial charge in [-0.1, -0.05) is 170 Å². The van der Waals surface area contributed by atoms with Gasteiger partial charge in [-0.3, -0.25) is 0 Å². The monoisotopic (exact) mass is 963 g/mol. The molecule has 1 aromatic heterocycles. The van der Waals surface area contributed by atoms with E-state index < -0.39 is 0 Å². The van der Waals surface area contributed by atoms with E-state index in [1.165, 1.54) is 98.5 Å². The van der Waals surface area contributed by atoms with E-state index in [4.69, 9.17) is 9.47 Å². The van der Waals surface area contributed by atoms with Gasteiger partial charge in [0.05, 0.1) is 30.9 Å². The highest BCUT2D eigenvalue weighted by Crippen LogP contribution is 2.41. The van der Waals surface area contributed by atoms with Gasteiger partial charge in [-0.05, 0) is 173 Å². The second-order valence-corrected chi connectivity index (χ2v) is 21.9. The van der Waals surface area contributed by atoms with Crippen LogP contribution in [0.5, 0.6) is 5.75 Å². The van der Waals surface area contributed by atoms with E-state index in [1.807, 2.05) is 0 Å². The molecule has 2 atom stereocenters. The molecule has 1 fully saturated rings. The van der Waals surface area contributed by atoms with Crippen molar-refractivity contribution in [2.45, 2.75) is 110 Å². The molecule has 2 unspecified atom stereocenters. The van der Waals surface area contributed by atoms with Gasteiger partial charge in [0.2, 0.25) is 0 Å². The summed E-state index contributed by atoms with van der Waals surface area (Å²) in [4.78, 5) is 2.32. The van der Waals surface area contributed by atoms with E-state index in [-0.39, 0.29) is 5.41 Å². The van der Waals surface area contributed by atoms with Crippen LogP contribution in [0.2, 0.25) is 0 Å². The van der Waals surface area contributed by atoms with Gasteiger partial charge in [0.1, 0.15) is 5.75 Å². The number of benzene rings is 8. The van der Waals surface area contributed by atoms with Crippen molar-refractivity contribution < 1.29 is 9.47 Å². The predicted octanol–water partition coefficient (Wildman–Crippen LogP) is 19.3. The molecule has 1 saturated heterocycles. The highest BCUT2D eigenvalue weighted by atomic mass is 16.5. The fourth-order valence-electron chi connectivity index (χ4n) is 11.2. The van der Waals surface area contributed by atoms with Crippen LogP contribution in [0.3, 0.4) is 0 Å². The summed E-state index contributed by atoms with van der Waals surface area (Å²) in [6.45, 7) is 16.6. The molecule has 8 aromatic carbocycles. The number of hydrogen-bond donors (Lipinski definition) is 0. The van der Waals surface area contributed by atoms with Crippen molar-refractivity contribution >= 4 is 38.9 Å². The molecule has 73 heavy (non-hydrogen) atoms. The zero-order chi connectivity index (χ0) is 50.4. The van der Waals surface area contributed by atoms with E-state index >= 15 is 0 Å². The second kappa shape index (κ2) is 22.1. The van der Waals surface area contributed by atoms with Gasteiger partial charge in [0.25, 0.3) is 0 Å². The summed E-state index contributed by atoms with van der Waals surface area (Å²) in [5, 5.41) is 2.50. The topological polar surface area (TPSA) is 26.6 Å². The van der Waals surface area contributed by atoms with Crippen LogP contribution >= 0.6 is 0 Å². The Bertz CT molecular complexity index is 3150. The molecule has 4 heteroatoms. The van der Waals surface area contributed by atoms with Crippen LogP contribution in [0.4, 0.5) is 17.1 Å². The smallest absolute Gasteiger partial charge is 0.119 e. The minimum atomic E-state index is 0.0780. The summed E-state index contributed by atoms with van der Waals surface area (Å²) in [5.74, 6) is 1.90. The Morgan fingerprint density at radius 3 is 1.60 bits per heavy atom. The third-order valence-electron chi connectivity index (χ3n) is 16.0. The molecule has 0 saturated carbocycles. The lowest BCUT2D eigenvalue weighted by molar-refractivity contribution is -0.120. The van der Waals surface area contributed by atoms with Crippen LogP contribution in [-0.4, -0.2) is 24.4 Å². The van der Waals surface area contributed by atoms with Gasteiger partial charge < -0.3 is 18.9 Å². The fraction of sp³-hybridized carbons (Fsp3) is 0.304. The number of rotatable bonds is 20. The van der Waals surface area contributed by atoms with Crippen molar-refractivity contribution in [2.75, 3.05) is 24.7 Å². The van der Waals surface area contributed by atoms with Crippen molar-refractivity contribution in [1.82, 2.24) is 4.57 Å². The molecule has 0 spiro atoms. The number of nitrogens with zero attached hydrogens (tertiary/aromatic N) is 2. The molecule has 0 bridgehead atoms. The number of anilines is 3. The molecule has 0 aliphatic carbocycles. The van der Waals surface area contributed by atoms with Crippen molar-refractivity contribution in [3.05, 3.63) is 211 Å². The lowest BCUT2D eigenvalue weighted by Gasteiger charge is -2.41. The lowest BCUT2D eigenvalue weighted by Crippen LogP contribution is -2.41. The Kier molecular flexibility index (Phi) is 15.0. The Hall–Kier alpha value is -6.88. The van der Waals surface area contributed by atoms with Crippen LogP contribution in [-0.2, 0) is 10.2 Å². The summed E-state index contributed by atoms with van der Waals surface area (Å²) in [7, 11) is 0. The first-order chi connectivity index (χ1) is 35.6. The van der Waals surface area contributed by atoms with E-state index in [1.54, 1.807) is 0 Å². The lowest BCUT2D eigenvalue weighted by atomic mass is 9.78. The summed E-state index contributed by atoms with van der Waals surface area (Å²) < 4.78 is 14.1. The van der Waals surface area contributed by atoms with Gasteiger partial charge in [-0.25, -0.2) is 0 Å². The normalized spacial score (nSPS) is 14.2. The SMILES string of the molecule is CCC(CC(C)c1ccc(-c2ccc3c(c2)c2cc(-c4ccc(N(c5ccccc5)c5ccccc5)cc4)ccc2n3-c2ccc(C(C)(C)C)cc2)cc1)c1ccc(OCCCCCCC2(CC)COC2)cc1. The minimum absolute atomic E-state index is 0.0780. The van der Waals surface area contributed by atoms with Gasteiger partial charge in [0.15, 0.2) is 0 Å². The van der Waals surface area contributed by atoms with Crippen molar-refractivity contribution in [3.8, 4) is 33.7 Å². The molecule has 0 N–H and O–H groups in total. The third-order valence-corrected chi connectivity index (χ3v) is 16.0. The van der Waals surface area contributed by atoms with E-state index in [9.17, 15) is 0 Å². The number of fused-ring (bicyclic) bond motifs is 3. The second-order valence-electron chi connectivity index (χ2n) is 21.9. The maximum atomic E-state index is 6.19. The van der Waals surface area contributed by atoms with Gasteiger partial charge in [-0.2, -0.15) is 0 Å². The predicted molar refractivity (Wildman–Crippen MR) is 310 cm³/mol. The molecule has 1 aliphatic heterocycles. The molecule has 0 amide bonds. The molecule has 0 radical (unpaired) electrons. The number of unbranched alkanes of at least 4 members (excludes halogenated alkanes) is 3. The summed E-state index contributed by atoms with van der Waals surface area (Å²) >= 11 is 0. The molecule has 4 nitrogen and oxygen atoms in total. The largest absolute Gasteiger partial charge is 0.494 e. The highest BCUT2D eigenvalue weighted by Gasteiger charge is 2.35. The average Bonchev–Trinajstić information content (AvgIpc) is 3.74. The van der Waals surface area contributed by atoms with Crippen LogP contribution in [0.1, 0.15) is 121 Å². The molecule has 10 rings (SSSR count). The van der Waals surface area contributed by atoms with Crippen LogP contribution in [0.15, 0.2) is 194 Å². The number of hydrogen-bond acceptors (Lipinski definition) is 3. The van der Waals surface area contributed by atoms with Crippen LogP contribution in [0, 0.1) is 5.41 Å². The summed E-state index contributed by atoms with van der Waals surface area (Å²) in [6, 6.07) is 71.8. The number of ether oxygens (including phenoxy) is 2. The van der Waals surface area contributed by atoms with Crippen molar-refractivity contribution in [2.24, 2.45) is 5.41 Å². The molecule has 1 aliphatic rings. The van der Waals surface area contributed by atoms with E-state index in [0.717, 1.165) is 61.9 Å². The quantitative estimate of drug-likeness (QED) is 0.0712. The van der Waals surface area contributed by atoms with Gasteiger partial charge >= 0.3 is 0 Å². The highest BCUT2D eigenvalue weighted by molar-refractivity contribution is 6.11. The molecule has 372 valence electrons. The maximum Gasteiger partial charge on any atom is 0.119 e. The Labute approximate surface area is 435 Å². The first kappa shape index (κ1) is 49.7. The zero-order valence-electron chi connectivity index (χ0n) is 44.1. The fourth-order valence-corrected chi connectivity index (χ4v) is 11.2. The van der Waals surface area contributed by atoms with E-state index in [0.29, 0.717) is 17.3 Å². The first-order valence-electron chi connectivity index (χ1n) is 27.2.